The number of ether oxygens (including phenoxy) is 2. The Morgan fingerprint density at radius 1 is 1.21 bits per heavy atom. The molecule has 0 atom stereocenters. The number of carbonyl (C=O) groups is 2. The zero-order valence-corrected chi connectivity index (χ0v) is 15.7. The minimum atomic E-state index is -2.89. The number of benzene rings is 1. The number of hydrogen-bond acceptors (Lipinski definition) is 4. The number of carbonyl (C=O) groups excluding carboxylic acids is 2. The molecule has 0 spiro atoms. The van der Waals surface area contributed by atoms with E-state index in [2.05, 4.69) is 9.30 Å². The first-order chi connectivity index (χ1) is 13.3. The average Bonchev–Trinajstić information content (AvgIpc) is 3.43. The summed E-state index contributed by atoms with van der Waals surface area (Å²) in [4.78, 5) is 24.2. The highest BCUT2D eigenvalue weighted by atomic mass is 19.3. The standard InChI is InChI=1S/C21H21F2NO4/c1-13-11-18(14(2)24(13)16-6-7-16)19(25)12-27-20(26)10-5-15-3-8-17(9-4-15)28-21(22)23/h3-5,8-11,16,21H,6-7,12H2,1-2H3/b10-5+. The third kappa shape index (κ3) is 4.85. The molecule has 1 aromatic heterocycles. The van der Waals surface area contributed by atoms with E-state index in [0.717, 1.165) is 24.2 Å². The van der Waals surface area contributed by atoms with Crippen LogP contribution in [0.4, 0.5) is 8.78 Å². The molecular formula is C21H21F2NO4. The van der Waals surface area contributed by atoms with Crippen LogP contribution in [0.25, 0.3) is 6.08 Å². The maximum atomic E-state index is 12.4. The molecule has 7 heteroatoms. The minimum absolute atomic E-state index is 0.0316. The van der Waals surface area contributed by atoms with Gasteiger partial charge in [0, 0.05) is 29.1 Å². The topological polar surface area (TPSA) is 57.5 Å². The molecule has 3 rings (SSSR count). The highest BCUT2D eigenvalue weighted by Gasteiger charge is 2.28. The summed E-state index contributed by atoms with van der Waals surface area (Å²) < 4.78 is 35.7. The van der Waals surface area contributed by atoms with Crippen LogP contribution in [0.15, 0.2) is 36.4 Å². The highest BCUT2D eigenvalue weighted by Crippen LogP contribution is 2.38. The van der Waals surface area contributed by atoms with Gasteiger partial charge in [-0.1, -0.05) is 12.1 Å². The zero-order chi connectivity index (χ0) is 20.3. The zero-order valence-electron chi connectivity index (χ0n) is 15.7. The quantitative estimate of drug-likeness (QED) is 0.379. The fourth-order valence-corrected chi connectivity index (χ4v) is 3.14. The Hall–Kier alpha value is -2.96. The molecule has 0 bridgehead atoms. The molecule has 1 aliphatic carbocycles. The van der Waals surface area contributed by atoms with Crippen LogP contribution < -0.4 is 4.74 Å². The van der Waals surface area contributed by atoms with Gasteiger partial charge in [0.05, 0.1) is 0 Å². The molecule has 2 aromatic rings. The summed E-state index contributed by atoms with van der Waals surface area (Å²) >= 11 is 0. The van der Waals surface area contributed by atoms with Crippen LogP contribution in [0.5, 0.6) is 5.75 Å². The Balaban J connectivity index is 1.53. The monoisotopic (exact) mass is 389 g/mol. The molecule has 1 heterocycles. The molecule has 0 N–H and O–H groups in total. The molecule has 1 aromatic carbocycles. The van der Waals surface area contributed by atoms with Gasteiger partial charge in [0.25, 0.3) is 0 Å². The molecule has 148 valence electrons. The number of hydrogen-bond donors (Lipinski definition) is 0. The van der Waals surface area contributed by atoms with Gasteiger partial charge in [-0.2, -0.15) is 8.78 Å². The molecule has 0 unspecified atom stereocenters. The first-order valence-electron chi connectivity index (χ1n) is 8.96. The Morgan fingerprint density at radius 3 is 2.50 bits per heavy atom. The Morgan fingerprint density at radius 2 is 1.89 bits per heavy atom. The van der Waals surface area contributed by atoms with Crippen molar-refractivity contribution >= 4 is 17.8 Å². The fourth-order valence-electron chi connectivity index (χ4n) is 3.14. The third-order valence-electron chi connectivity index (χ3n) is 4.56. The van der Waals surface area contributed by atoms with Crippen molar-refractivity contribution in [3.63, 3.8) is 0 Å². The Bertz CT molecular complexity index is 896. The number of ketones is 1. The van der Waals surface area contributed by atoms with Gasteiger partial charge in [0.2, 0.25) is 5.78 Å². The predicted octanol–water partition coefficient (Wildman–Crippen LogP) is 4.48. The van der Waals surface area contributed by atoms with Crippen LogP contribution in [-0.2, 0) is 9.53 Å². The van der Waals surface area contributed by atoms with E-state index < -0.39 is 12.6 Å². The number of aromatic nitrogens is 1. The van der Waals surface area contributed by atoms with Crippen molar-refractivity contribution in [1.82, 2.24) is 4.57 Å². The molecule has 0 aliphatic heterocycles. The van der Waals surface area contributed by atoms with E-state index in [9.17, 15) is 18.4 Å². The Labute approximate surface area is 161 Å². The Kier molecular flexibility index (Phi) is 5.92. The maximum Gasteiger partial charge on any atom is 0.387 e. The minimum Gasteiger partial charge on any atom is -0.454 e. The normalized spacial score (nSPS) is 13.9. The van der Waals surface area contributed by atoms with Crippen molar-refractivity contribution in [2.45, 2.75) is 39.3 Å². The van der Waals surface area contributed by atoms with E-state index in [1.165, 1.54) is 36.4 Å². The molecule has 1 fully saturated rings. The number of aryl methyl sites for hydroxylation is 1. The lowest BCUT2D eigenvalue weighted by Crippen LogP contribution is -2.13. The summed E-state index contributed by atoms with van der Waals surface area (Å²) in [7, 11) is 0. The average molecular weight is 389 g/mol. The summed E-state index contributed by atoms with van der Waals surface area (Å²) in [6, 6.07) is 8.11. The van der Waals surface area contributed by atoms with Crippen LogP contribution in [0.1, 0.15) is 46.2 Å². The largest absolute Gasteiger partial charge is 0.454 e. The lowest BCUT2D eigenvalue weighted by Gasteiger charge is -2.07. The molecular weight excluding hydrogens is 368 g/mol. The fraction of sp³-hybridized carbons (Fsp3) is 0.333. The second-order valence-electron chi connectivity index (χ2n) is 6.70. The van der Waals surface area contributed by atoms with Crippen molar-refractivity contribution < 1.29 is 27.8 Å². The van der Waals surface area contributed by atoms with Gasteiger partial charge in [0.1, 0.15) is 5.75 Å². The van der Waals surface area contributed by atoms with Gasteiger partial charge in [-0.3, -0.25) is 4.79 Å². The van der Waals surface area contributed by atoms with Gasteiger partial charge in [-0.15, -0.1) is 0 Å². The first kappa shape index (κ1) is 19.8. The lowest BCUT2D eigenvalue weighted by molar-refractivity contribution is -0.136. The molecule has 0 amide bonds. The van der Waals surface area contributed by atoms with E-state index in [1.54, 1.807) is 0 Å². The molecule has 1 aliphatic rings. The predicted molar refractivity (Wildman–Crippen MR) is 99.6 cm³/mol. The van der Waals surface area contributed by atoms with Gasteiger partial charge in [-0.25, -0.2) is 4.79 Å². The van der Waals surface area contributed by atoms with E-state index in [1.807, 2.05) is 19.9 Å². The summed E-state index contributed by atoms with van der Waals surface area (Å²) in [5.41, 5.74) is 3.13. The van der Waals surface area contributed by atoms with Gasteiger partial charge in [-0.05, 0) is 56.5 Å². The maximum absolute atomic E-state index is 12.4. The molecule has 5 nitrogen and oxygen atoms in total. The summed E-state index contributed by atoms with van der Waals surface area (Å²) in [6.07, 6.45) is 4.90. The number of nitrogens with zero attached hydrogens (tertiary/aromatic N) is 1. The SMILES string of the molecule is Cc1cc(C(=O)COC(=O)/C=C/c2ccc(OC(F)F)cc2)c(C)n1C1CC1. The number of rotatable bonds is 8. The van der Waals surface area contributed by atoms with Crippen LogP contribution in [-0.4, -0.2) is 29.5 Å². The van der Waals surface area contributed by atoms with E-state index >= 15 is 0 Å². The van der Waals surface area contributed by atoms with E-state index in [4.69, 9.17) is 4.74 Å². The highest BCUT2D eigenvalue weighted by molar-refractivity contribution is 6.00. The summed E-state index contributed by atoms with van der Waals surface area (Å²) in [6.45, 7) is 0.651. The number of esters is 1. The second kappa shape index (κ2) is 8.37. The van der Waals surface area contributed by atoms with Crippen molar-refractivity contribution in [2.75, 3.05) is 6.61 Å². The molecule has 28 heavy (non-hydrogen) atoms. The second-order valence-corrected chi connectivity index (χ2v) is 6.70. The summed E-state index contributed by atoms with van der Waals surface area (Å²) in [5.74, 6) is -0.864. The number of alkyl halides is 2. The van der Waals surface area contributed by atoms with Gasteiger partial charge >= 0.3 is 12.6 Å². The smallest absolute Gasteiger partial charge is 0.387 e. The van der Waals surface area contributed by atoms with Crippen molar-refractivity contribution in [3.05, 3.63) is 58.9 Å². The van der Waals surface area contributed by atoms with E-state index in [0.29, 0.717) is 17.2 Å². The van der Waals surface area contributed by atoms with Crippen molar-refractivity contribution in [2.24, 2.45) is 0 Å². The lowest BCUT2D eigenvalue weighted by atomic mass is 10.1. The van der Waals surface area contributed by atoms with E-state index in [-0.39, 0.29) is 18.1 Å². The molecule has 0 radical (unpaired) electrons. The first-order valence-corrected chi connectivity index (χ1v) is 8.96. The number of Topliss-reactive ketones (excluding diaryl/α,β-unsaturated/α-hetero) is 1. The van der Waals surface area contributed by atoms with Crippen molar-refractivity contribution in [3.8, 4) is 5.75 Å². The van der Waals surface area contributed by atoms with Crippen LogP contribution in [0.2, 0.25) is 0 Å². The third-order valence-corrected chi connectivity index (χ3v) is 4.56. The molecule has 0 saturated heterocycles. The van der Waals surface area contributed by atoms with Gasteiger partial charge < -0.3 is 14.0 Å². The number of halogens is 2. The van der Waals surface area contributed by atoms with Crippen LogP contribution in [0, 0.1) is 13.8 Å². The van der Waals surface area contributed by atoms with Crippen LogP contribution >= 0.6 is 0 Å². The van der Waals surface area contributed by atoms with Gasteiger partial charge in [0.15, 0.2) is 6.61 Å². The summed E-state index contributed by atoms with van der Waals surface area (Å²) in [5, 5.41) is 0. The van der Waals surface area contributed by atoms with Crippen molar-refractivity contribution in [1.29, 1.82) is 0 Å². The van der Waals surface area contributed by atoms with Crippen LogP contribution in [0.3, 0.4) is 0 Å². The molecule has 1 saturated carbocycles.